The first-order valence-electron chi connectivity index (χ1n) is 7.51. The number of nitrogens with zero attached hydrogens (tertiary/aromatic N) is 1. The molecular weight excluding hydrogens is 277 g/mol. The van der Waals surface area contributed by atoms with E-state index in [4.69, 9.17) is 5.73 Å². The Morgan fingerprint density at radius 1 is 1.33 bits per heavy atom. The van der Waals surface area contributed by atoms with Gasteiger partial charge in [0.1, 0.15) is 0 Å². The van der Waals surface area contributed by atoms with Crippen molar-refractivity contribution in [3.05, 3.63) is 29.3 Å². The summed E-state index contributed by atoms with van der Waals surface area (Å²) in [5, 5.41) is 0. The summed E-state index contributed by atoms with van der Waals surface area (Å²) >= 11 is 0. The average Bonchev–Trinajstić information content (AvgIpc) is 2.38. The first-order chi connectivity index (χ1) is 9.79. The molecule has 1 aromatic rings. The maximum absolute atomic E-state index is 13.4. The summed E-state index contributed by atoms with van der Waals surface area (Å²) in [6.07, 6.45) is -0.900. The molecule has 1 heterocycles. The molecule has 0 bridgehead atoms. The Morgan fingerprint density at radius 3 is 2.62 bits per heavy atom. The van der Waals surface area contributed by atoms with Crippen LogP contribution in [0.5, 0.6) is 0 Å². The van der Waals surface area contributed by atoms with E-state index >= 15 is 0 Å². The second-order valence-electron chi connectivity index (χ2n) is 6.07. The highest BCUT2D eigenvalue weighted by Crippen LogP contribution is 2.39. The highest BCUT2D eigenvalue weighted by Gasteiger charge is 2.36. The normalized spacial score (nSPS) is 21.4. The molecule has 2 nitrogen and oxygen atoms in total. The fraction of sp³-hybridized carbons (Fsp3) is 0.625. The van der Waals surface area contributed by atoms with Crippen molar-refractivity contribution < 1.29 is 13.2 Å². The number of rotatable bonds is 3. The van der Waals surface area contributed by atoms with Gasteiger partial charge in [-0.3, -0.25) is 0 Å². The largest absolute Gasteiger partial charge is 0.418 e. The van der Waals surface area contributed by atoms with Gasteiger partial charge in [-0.25, -0.2) is 0 Å². The molecule has 2 unspecified atom stereocenters. The number of anilines is 1. The van der Waals surface area contributed by atoms with E-state index in [0.717, 1.165) is 19.3 Å². The number of piperidine rings is 1. The van der Waals surface area contributed by atoms with Crippen molar-refractivity contribution in [1.29, 1.82) is 0 Å². The summed E-state index contributed by atoms with van der Waals surface area (Å²) in [5.41, 5.74) is 6.11. The van der Waals surface area contributed by atoms with Crippen LogP contribution in [0.1, 0.15) is 44.2 Å². The van der Waals surface area contributed by atoms with Gasteiger partial charge in [-0.1, -0.05) is 6.07 Å². The van der Waals surface area contributed by atoms with Crippen molar-refractivity contribution in [1.82, 2.24) is 0 Å². The topological polar surface area (TPSA) is 29.3 Å². The van der Waals surface area contributed by atoms with Crippen LogP contribution in [0.25, 0.3) is 0 Å². The molecule has 0 aromatic heterocycles. The maximum atomic E-state index is 13.4. The van der Waals surface area contributed by atoms with Gasteiger partial charge in [0.05, 0.1) is 5.56 Å². The second-order valence-corrected chi connectivity index (χ2v) is 6.07. The molecular formula is C16H23F3N2. The van der Waals surface area contributed by atoms with E-state index in [2.05, 4.69) is 0 Å². The van der Waals surface area contributed by atoms with E-state index in [0.29, 0.717) is 24.2 Å². The quantitative estimate of drug-likeness (QED) is 0.915. The molecule has 1 aromatic carbocycles. The number of halogens is 3. The van der Waals surface area contributed by atoms with E-state index in [9.17, 15) is 13.2 Å². The molecule has 2 N–H and O–H groups in total. The lowest BCUT2D eigenvalue weighted by Crippen LogP contribution is -2.38. The molecule has 2 atom stereocenters. The average molecular weight is 300 g/mol. The van der Waals surface area contributed by atoms with Crippen LogP contribution in [0, 0.1) is 0 Å². The minimum atomic E-state index is -4.33. The molecule has 0 amide bonds. The highest BCUT2D eigenvalue weighted by molar-refractivity contribution is 5.57. The molecule has 2 rings (SSSR count). The Hall–Kier alpha value is -1.23. The van der Waals surface area contributed by atoms with Gasteiger partial charge in [0.15, 0.2) is 0 Å². The minimum absolute atomic E-state index is 0.147. The van der Waals surface area contributed by atoms with Crippen molar-refractivity contribution in [3.8, 4) is 0 Å². The van der Waals surface area contributed by atoms with Crippen LogP contribution in [0.2, 0.25) is 0 Å². The molecule has 1 fully saturated rings. The van der Waals surface area contributed by atoms with Crippen molar-refractivity contribution in [2.45, 2.75) is 57.8 Å². The summed E-state index contributed by atoms with van der Waals surface area (Å²) in [5.74, 6) is 0. The standard InChI is InChI=1S/C16H23F3N2/c1-11(20)9-13-6-7-15(14(10-13)16(17,18)19)21-8-4-3-5-12(21)2/h6-7,10-12H,3-5,8-9,20H2,1-2H3. The summed E-state index contributed by atoms with van der Waals surface area (Å²) in [6, 6.07) is 4.66. The lowest BCUT2D eigenvalue weighted by Gasteiger charge is -2.37. The van der Waals surface area contributed by atoms with Crippen LogP contribution < -0.4 is 10.6 Å². The first-order valence-corrected chi connectivity index (χ1v) is 7.51. The van der Waals surface area contributed by atoms with Gasteiger partial charge in [0.2, 0.25) is 0 Å². The zero-order valence-corrected chi connectivity index (χ0v) is 12.6. The summed E-state index contributed by atoms with van der Waals surface area (Å²) in [7, 11) is 0. The van der Waals surface area contributed by atoms with Crippen molar-refractivity contribution in [2.24, 2.45) is 5.73 Å². The van der Waals surface area contributed by atoms with E-state index in [1.165, 1.54) is 6.07 Å². The van der Waals surface area contributed by atoms with E-state index < -0.39 is 11.7 Å². The van der Waals surface area contributed by atoms with Crippen molar-refractivity contribution >= 4 is 5.69 Å². The third kappa shape index (κ3) is 3.90. The third-order valence-corrected chi connectivity index (χ3v) is 4.04. The SMILES string of the molecule is CC(N)Cc1ccc(N2CCCCC2C)c(C(F)(F)F)c1. The molecule has 1 aliphatic rings. The second kappa shape index (κ2) is 6.26. The van der Waals surface area contributed by atoms with Crippen LogP contribution in [-0.4, -0.2) is 18.6 Å². The van der Waals surface area contributed by atoms with Crippen molar-refractivity contribution in [2.75, 3.05) is 11.4 Å². The van der Waals surface area contributed by atoms with Gasteiger partial charge in [0, 0.05) is 24.3 Å². The summed E-state index contributed by atoms with van der Waals surface area (Å²) in [6.45, 7) is 4.49. The Morgan fingerprint density at radius 2 is 2.05 bits per heavy atom. The fourth-order valence-electron chi connectivity index (χ4n) is 3.02. The van der Waals surface area contributed by atoms with Crippen LogP contribution in [0.3, 0.4) is 0 Å². The lowest BCUT2D eigenvalue weighted by atomic mass is 9.98. The van der Waals surface area contributed by atoms with Gasteiger partial charge in [0.25, 0.3) is 0 Å². The molecule has 0 radical (unpaired) electrons. The molecule has 1 saturated heterocycles. The van der Waals surface area contributed by atoms with Crippen LogP contribution in [0.15, 0.2) is 18.2 Å². The third-order valence-electron chi connectivity index (χ3n) is 4.04. The molecule has 0 aliphatic carbocycles. The Kier molecular flexibility index (Phi) is 4.81. The van der Waals surface area contributed by atoms with Crippen LogP contribution in [-0.2, 0) is 12.6 Å². The monoisotopic (exact) mass is 300 g/mol. The fourth-order valence-corrected chi connectivity index (χ4v) is 3.02. The molecule has 5 heteroatoms. The molecule has 21 heavy (non-hydrogen) atoms. The van der Waals surface area contributed by atoms with Crippen molar-refractivity contribution in [3.63, 3.8) is 0 Å². The van der Waals surface area contributed by atoms with Gasteiger partial charge >= 0.3 is 6.18 Å². The number of hydrogen-bond acceptors (Lipinski definition) is 2. The predicted molar refractivity (Wildman–Crippen MR) is 79.5 cm³/mol. The van der Waals surface area contributed by atoms with Crippen LogP contribution >= 0.6 is 0 Å². The Bertz CT molecular complexity index is 483. The van der Waals surface area contributed by atoms with Crippen LogP contribution in [0.4, 0.5) is 18.9 Å². The van der Waals surface area contributed by atoms with Gasteiger partial charge in [-0.2, -0.15) is 13.2 Å². The Balaban J connectivity index is 2.40. The maximum Gasteiger partial charge on any atom is 0.418 e. The lowest BCUT2D eigenvalue weighted by molar-refractivity contribution is -0.137. The number of benzene rings is 1. The smallest absolute Gasteiger partial charge is 0.368 e. The molecule has 118 valence electrons. The predicted octanol–water partition coefficient (Wildman–Crippen LogP) is 3.97. The van der Waals surface area contributed by atoms with E-state index in [1.807, 2.05) is 11.8 Å². The van der Waals surface area contributed by atoms with E-state index in [1.54, 1.807) is 19.1 Å². The Labute approximate surface area is 124 Å². The van der Waals surface area contributed by atoms with Gasteiger partial charge in [-0.05, 0) is 57.2 Å². The highest BCUT2D eigenvalue weighted by atomic mass is 19.4. The molecule has 0 spiro atoms. The summed E-state index contributed by atoms with van der Waals surface area (Å²) in [4.78, 5) is 1.89. The number of hydrogen-bond donors (Lipinski definition) is 1. The molecule has 0 saturated carbocycles. The first kappa shape index (κ1) is 16.1. The summed E-state index contributed by atoms with van der Waals surface area (Å²) < 4.78 is 40.2. The number of nitrogens with two attached hydrogens (primary N) is 1. The minimum Gasteiger partial charge on any atom is -0.368 e. The molecule has 1 aliphatic heterocycles. The van der Waals surface area contributed by atoms with Gasteiger partial charge in [-0.15, -0.1) is 0 Å². The zero-order valence-electron chi connectivity index (χ0n) is 12.6. The van der Waals surface area contributed by atoms with E-state index in [-0.39, 0.29) is 12.1 Å². The number of alkyl halides is 3. The van der Waals surface area contributed by atoms with Gasteiger partial charge < -0.3 is 10.6 Å². The zero-order chi connectivity index (χ0) is 15.6.